The predicted molar refractivity (Wildman–Crippen MR) is 68.7 cm³/mol. The zero-order valence-electron chi connectivity index (χ0n) is 10.2. The Morgan fingerprint density at radius 3 is 2.89 bits per heavy atom. The SMILES string of the molecule is COC(=O)CCNc1cnn(-c2ccccc2)c1. The van der Waals surface area contributed by atoms with Gasteiger partial charge >= 0.3 is 5.97 Å². The van der Waals surface area contributed by atoms with Crippen LogP contribution in [0.25, 0.3) is 5.69 Å². The number of carbonyl (C=O) groups excluding carboxylic acids is 1. The van der Waals surface area contributed by atoms with Crippen molar-refractivity contribution in [2.75, 3.05) is 19.0 Å². The number of para-hydroxylation sites is 1. The van der Waals surface area contributed by atoms with Gasteiger partial charge in [0.15, 0.2) is 0 Å². The maximum absolute atomic E-state index is 10.9. The molecule has 0 aliphatic rings. The van der Waals surface area contributed by atoms with Gasteiger partial charge in [-0.3, -0.25) is 4.79 Å². The molecule has 0 fully saturated rings. The van der Waals surface area contributed by atoms with Crippen molar-refractivity contribution in [3.8, 4) is 5.69 Å². The number of hydrogen-bond donors (Lipinski definition) is 1. The lowest BCUT2D eigenvalue weighted by Gasteiger charge is -2.02. The van der Waals surface area contributed by atoms with Gasteiger partial charge in [0.25, 0.3) is 0 Å². The van der Waals surface area contributed by atoms with Crippen molar-refractivity contribution < 1.29 is 9.53 Å². The number of methoxy groups -OCH3 is 1. The molecule has 0 saturated carbocycles. The number of benzene rings is 1. The highest BCUT2D eigenvalue weighted by Gasteiger charge is 2.02. The van der Waals surface area contributed by atoms with Gasteiger partial charge in [0, 0.05) is 6.54 Å². The van der Waals surface area contributed by atoms with Gasteiger partial charge in [0.1, 0.15) is 0 Å². The van der Waals surface area contributed by atoms with Crippen LogP contribution in [0.2, 0.25) is 0 Å². The van der Waals surface area contributed by atoms with E-state index in [1.807, 2.05) is 36.5 Å². The minimum absolute atomic E-state index is 0.224. The van der Waals surface area contributed by atoms with Crippen LogP contribution in [0, 0.1) is 0 Å². The number of nitrogens with zero attached hydrogens (tertiary/aromatic N) is 2. The normalized spacial score (nSPS) is 10.1. The van der Waals surface area contributed by atoms with Gasteiger partial charge in [-0.25, -0.2) is 4.68 Å². The van der Waals surface area contributed by atoms with E-state index in [-0.39, 0.29) is 5.97 Å². The van der Waals surface area contributed by atoms with Crippen LogP contribution in [0.5, 0.6) is 0 Å². The standard InChI is InChI=1S/C13H15N3O2/c1-18-13(17)7-8-14-11-9-15-16(10-11)12-5-3-2-4-6-12/h2-6,9-10,14H,7-8H2,1H3. The topological polar surface area (TPSA) is 56.1 Å². The molecule has 0 atom stereocenters. The third-order valence-electron chi connectivity index (χ3n) is 2.49. The Kier molecular flexibility index (Phi) is 3.96. The molecule has 1 aromatic heterocycles. The minimum atomic E-state index is -0.224. The molecule has 5 nitrogen and oxygen atoms in total. The number of rotatable bonds is 5. The van der Waals surface area contributed by atoms with E-state index in [2.05, 4.69) is 15.2 Å². The van der Waals surface area contributed by atoms with E-state index >= 15 is 0 Å². The largest absolute Gasteiger partial charge is 0.469 e. The zero-order chi connectivity index (χ0) is 12.8. The van der Waals surface area contributed by atoms with Crippen LogP contribution < -0.4 is 5.32 Å². The molecule has 0 aliphatic carbocycles. The fraction of sp³-hybridized carbons (Fsp3) is 0.231. The molecule has 0 spiro atoms. The average molecular weight is 245 g/mol. The molecule has 2 rings (SSSR count). The first kappa shape index (κ1) is 12.2. The van der Waals surface area contributed by atoms with E-state index in [4.69, 9.17) is 0 Å². The zero-order valence-corrected chi connectivity index (χ0v) is 10.2. The summed E-state index contributed by atoms with van der Waals surface area (Å²) in [4.78, 5) is 10.9. The molecule has 0 bridgehead atoms. The summed E-state index contributed by atoms with van der Waals surface area (Å²) in [6.45, 7) is 0.535. The molecule has 0 aliphatic heterocycles. The third kappa shape index (κ3) is 3.10. The van der Waals surface area contributed by atoms with Gasteiger partial charge in [0.2, 0.25) is 0 Å². The summed E-state index contributed by atoms with van der Waals surface area (Å²) in [5.41, 5.74) is 1.88. The molecule has 5 heteroatoms. The number of aromatic nitrogens is 2. The molecule has 1 aromatic carbocycles. The number of hydrogen-bond acceptors (Lipinski definition) is 4. The van der Waals surface area contributed by atoms with E-state index in [1.165, 1.54) is 7.11 Å². The Balaban J connectivity index is 1.93. The number of nitrogens with one attached hydrogen (secondary N) is 1. The predicted octanol–water partition coefficient (Wildman–Crippen LogP) is 1.85. The van der Waals surface area contributed by atoms with E-state index in [0.29, 0.717) is 13.0 Å². The average Bonchev–Trinajstić information content (AvgIpc) is 2.88. The first-order valence-corrected chi connectivity index (χ1v) is 5.70. The van der Waals surface area contributed by atoms with Crippen molar-refractivity contribution in [2.24, 2.45) is 0 Å². The van der Waals surface area contributed by atoms with Gasteiger partial charge in [-0.1, -0.05) is 18.2 Å². The van der Waals surface area contributed by atoms with Crippen molar-refractivity contribution in [3.05, 3.63) is 42.7 Å². The van der Waals surface area contributed by atoms with E-state index < -0.39 is 0 Å². The third-order valence-corrected chi connectivity index (χ3v) is 2.49. The molecule has 0 amide bonds. The highest BCUT2D eigenvalue weighted by molar-refractivity contribution is 5.69. The van der Waals surface area contributed by atoms with Gasteiger partial charge in [-0.2, -0.15) is 5.10 Å². The summed E-state index contributed by atoms with van der Waals surface area (Å²) in [7, 11) is 1.38. The van der Waals surface area contributed by atoms with Crippen molar-refractivity contribution in [3.63, 3.8) is 0 Å². The Hall–Kier alpha value is -2.30. The van der Waals surface area contributed by atoms with Crippen LogP contribution >= 0.6 is 0 Å². The highest BCUT2D eigenvalue weighted by Crippen LogP contribution is 2.10. The molecule has 94 valence electrons. The van der Waals surface area contributed by atoms with Gasteiger partial charge in [-0.15, -0.1) is 0 Å². The van der Waals surface area contributed by atoms with Crippen LogP contribution in [0.3, 0.4) is 0 Å². The summed E-state index contributed by atoms with van der Waals surface area (Å²) in [5, 5.41) is 7.36. The van der Waals surface area contributed by atoms with Crippen molar-refractivity contribution >= 4 is 11.7 Å². The molecule has 0 unspecified atom stereocenters. The summed E-state index contributed by atoms with van der Waals surface area (Å²) >= 11 is 0. The molecular formula is C13H15N3O2. The summed E-state index contributed by atoms with van der Waals surface area (Å²) in [5.74, 6) is -0.224. The van der Waals surface area contributed by atoms with Gasteiger partial charge in [-0.05, 0) is 12.1 Å². The molecule has 18 heavy (non-hydrogen) atoms. The fourth-order valence-corrected chi connectivity index (χ4v) is 1.55. The minimum Gasteiger partial charge on any atom is -0.469 e. The van der Waals surface area contributed by atoms with E-state index in [1.54, 1.807) is 10.9 Å². The van der Waals surface area contributed by atoms with E-state index in [0.717, 1.165) is 11.4 Å². The number of ether oxygens (including phenoxy) is 1. The monoisotopic (exact) mass is 245 g/mol. The fourth-order valence-electron chi connectivity index (χ4n) is 1.55. The van der Waals surface area contributed by atoms with Crippen molar-refractivity contribution in [1.29, 1.82) is 0 Å². The van der Waals surface area contributed by atoms with Crippen molar-refractivity contribution in [1.82, 2.24) is 9.78 Å². The maximum atomic E-state index is 10.9. The first-order valence-electron chi connectivity index (χ1n) is 5.70. The number of anilines is 1. The first-order chi connectivity index (χ1) is 8.79. The second kappa shape index (κ2) is 5.86. The lowest BCUT2D eigenvalue weighted by molar-refractivity contribution is -0.140. The Morgan fingerprint density at radius 1 is 1.39 bits per heavy atom. The smallest absolute Gasteiger partial charge is 0.307 e. The Bertz CT molecular complexity index is 508. The van der Waals surface area contributed by atoms with Crippen LogP contribution in [-0.4, -0.2) is 29.4 Å². The highest BCUT2D eigenvalue weighted by atomic mass is 16.5. The van der Waals surface area contributed by atoms with Crippen LogP contribution in [-0.2, 0) is 9.53 Å². The molecular weight excluding hydrogens is 230 g/mol. The van der Waals surface area contributed by atoms with Gasteiger partial charge < -0.3 is 10.1 Å². The summed E-state index contributed by atoms with van der Waals surface area (Å²) < 4.78 is 6.34. The maximum Gasteiger partial charge on any atom is 0.307 e. The second-order valence-corrected chi connectivity index (χ2v) is 3.76. The quantitative estimate of drug-likeness (QED) is 0.817. The second-order valence-electron chi connectivity index (χ2n) is 3.76. The molecule has 0 saturated heterocycles. The van der Waals surface area contributed by atoms with Crippen LogP contribution in [0.1, 0.15) is 6.42 Å². The number of carbonyl (C=O) groups is 1. The van der Waals surface area contributed by atoms with Crippen molar-refractivity contribution in [2.45, 2.75) is 6.42 Å². The van der Waals surface area contributed by atoms with Gasteiger partial charge in [0.05, 0.1) is 37.3 Å². The summed E-state index contributed by atoms with van der Waals surface area (Å²) in [6, 6.07) is 9.84. The van der Waals surface area contributed by atoms with E-state index in [9.17, 15) is 4.79 Å². The Labute approximate surface area is 105 Å². The molecule has 2 aromatic rings. The lowest BCUT2D eigenvalue weighted by atomic mass is 10.3. The Morgan fingerprint density at radius 2 is 2.17 bits per heavy atom. The lowest BCUT2D eigenvalue weighted by Crippen LogP contribution is -2.09. The number of esters is 1. The molecule has 1 N–H and O–H groups in total. The summed E-state index contributed by atoms with van der Waals surface area (Å²) in [6.07, 6.45) is 3.95. The molecule has 1 heterocycles. The van der Waals surface area contributed by atoms with Crippen LogP contribution in [0.4, 0.5) is 5.69 Å². The molecule has 0 radical (unpaired) electrons. The van der Waals surface area contributed by atoms with Crippen LogP contribution in [0.15, 0.2) is 42.7 Å².